The number of aryl methyl sites for hydroxylation is 1. The first-order valence-electron chi connectivity index (χ1n) is 6.17. The Kier molecular flexibility index (Phi) is 2.66. The molecule has 5 nitrogen and oxygen atoms in total. The van der Waals surface area contributed by atoms with Gasteiger partial charge in [-0.1, -0.05) is 0 Å². The van der Waals surface area contributed by atoms with Crippen LogP contribution in [0.2, 0.25) is 0 Å². The first kappa shape index (κ1) is 11.1. The average Bonchev–Trinajstić information content (AvgIpc) is 2.88. The quantitative estimate of drug-likeness (QED) is 0.858. The van der Waals surface area contributed by atoms with Gasteiger partial charge in [-0.25, -0.2) is 4.98 Å². The summed E-state index contributed by atoms with van der Waals surface area (Å²) in [6.07, 6.45) is 7.74. The number of aromatic nitrogens is 3. The van der Waals surface area contributed by atoms with Crippen LogP contribution >= 0.6 is 0 Å². The molecule has 18 heavy (non-hydrogen) atoms. The number of carbonyl (C=O) groups excluding carboxylic acids is 1. The second kappa shape index (κ2) is 4.33. The zero-order chi connectivity index (χ0) is 12.5. The van der Waals surface area contributed by atoms with E-state index < -0.39 is 0 Å². The molecule has 1 amide bonds. The number of H-pyrrole nitrogens is 1. The number of hydrogen-bond donors (Lipinski definition) is 2. The largest absolute Gasteiger partial charge is 0.357 e. The average molecular weight is 244 g/mol. The lowest BCUT2D eigenvalue weighted by Crippen LogP contribution is -2.31. The van der Waals surface area contributed by atoms with Crippen molar-refractivity contribution in [3.8, 4) is 0 Å². The molecular formula is C13H16N4O. The summed E-state index contributed by atoms with van der Waals surface area (Å²) < 4.78 is 1.97. The van der Waals surface area contributed by atoms with Crippen LogP contribution in [-0.4, -0.2) is 20.4 Å². The van der Waals surface area contributed by atoms with Gasteiger partial charge < -0.3 is 14.9 Å². The Balaban J connectivity index is 1.79. The highest BCUT2D eigenvalue weighted by atomic mass is 16.2. The maximum atomic E-state index is 12.1. The molecule has 0 spiro atoms. The highest BCUT2D eigenvalue weighted by Gasteiger charge is 2.35. The predicted molar refractivity (Wildman–Crippen MR) is 66.9 cm³/mol. The molecule has 2 aromatic heterocycles. The van der Waals surface area contributed by atoms with Crippen molar-refractivity contribution in [1.82, 2.24) is 19.9 Å². The Hall–Kier alpha value is -2.04. The summed E-state index contributed by atoms with van der Waals surface area (Å²) in [4.78, 5) is 19.3. The Morgan fingerprint density at radius 2 is 2.44 bits per heavy atom. The van der Waals surface area contributed by atoms with E-state index in [1.165, 1.54) is 0 Å². The van der Waals surface area contributed by atoms with Crippen LogP contribution in [0.4, 0.5) is 0 Å². The first-order chi connectivity index (χ1) is 8.75. The third-order valence-corrected chi connectivity index (χ3v) is 3.36. The highest BCUT2D eigenvalue weighted by Crippen LogP contribution is 2.40. The van der Waals surface area contributed by atoms with Gasteiger partial charge in [-0.3, -0.25) is 4.79 Å². The maximum absolute atomic E-state index is 12.1. The van der Waals surface area contributed by atoms with Crippen LogP contribution in [0.3, 0.4) is 0 Å². The van der Waals surface area contributed by atoms with E-state index in [-0.39, 0.29) is 11.9 Å². The lowest BCUT2D eigenvalue weighted by Gasteiger charge is -2.17. The Morgan fingerprint density at radius 1 is 1.61 bits per heavy atom. The Morgan fingerprint density at radius 3 is 3.00 bits per heavy atom. The molecular weight excluding hydrogens is 228 g/mol. The molecule has 0 unspecified atom stereocenters. The topological polar surface area (TPSA) is 62.7 Å². The van der Waals surface area contributed by atoms with Crippen molar-refractivity contribution in [3.63, 3.8) is 0 Å². The highest BCUT2D eigenvalue weighted by molar-refractivity contribution is 5.92. The molecule has 2 heterocycles. The van der Waals surface area contributed by atoms with Crippen molar-refractivity contribution in [3.05, 3.63) is 42.2 Å². The second-order valence-electron chi connectivity index (χ2n) is 4.77. The predicted octanol–water partition coefficient (Wildman–Crippen LogP) is 1.63. The molecule has 3 rings (SSSR count). The molecule has 1 atom stereocenters. The van der Waals surface area contributed by atoms with E-state index in [4.69, 9.17) is 0 Å². The normalized spacial score (nSPS) is 16.5. The van der Waals surface area contributed by atoms with Crippen molar-refractivity contribution in [2.75, 3.05) is 0 Å². The summed E-state index contributed by atoms with van der Waals surface area (Å²) in [5.41, 5.74) is 0.592. The Bertz CT molecular complexity index is 539. The smallest absolute Gasteiger partial charge is 0.268 e. The zero-order valence-corrected chi connectivity index (χ0v) is 10.3. The lowest BCUT2D eigenvalue weighted by molar-refractivity contribution is 0.0924. The van der Waals surface area contributed by atoms with Crippen LogP contribution < -0.4 is 5.32 Å². The van der Waals surface area contributed by atoms with E-state index in [1.54, 1.807) is 18.5 Å². The van der Waals surface area contributed by atoms with Gasteiger partial charge in [0.25, 0.3) is 5.91 Å². The van der Waals surface area contributed by atoms with Gasteiger partial charge in [0.1, 0.15) is 11.5 Å². The first-order valence-corrected chi connectivity index (χ1v) is 6.17. The number of carbonyl (C=O) groups is 1. The molecule has 0 aliphatic heterocycles. The third-order valence-electron chi connectivity index (χ3n) is 3.36. The number of rotatable bonds is 4. The van der Waals surface area contributed by atoms with Crippen LogP contribution in [0, 0.1) is 5.92 Å². The fourth-order valence-corrected chi connectivity index (χ4v) is 2.19. The molecule has 5 heteroatoms. The van der Waals surface area contributed by atoms with Crippen LogP contribution in [0.1, 0.15) is 35.2 Å². The zero-order valence-electron chi connectivity index (χ0n) is 10.3. The van der Waals surface area contributed by atoms with E-state index in [0.717, 1.165) is 18.7 Å². The minimum absolute atomic E-state index is 0.0146. The number of imidazole rings is 1. The van der Waals surface area contributed by atoms with E-state index in [2.05, 4.69) is 15.3 Å². The van der Waals surface area contributed by atoms with Gasteiger partial charge in [0.05, 0.1) is 6.04 Å². The summed E-state index contributed by atoms with van der Waals surface area (Å²) >= 11 is 0. The van der Waals surface area contributed by atoms with Crippen LogP contribution in [0.25, 0.3) is 0 Å². The van der Waals surface area contributed by atoms with E-state index >= 15 is 0 Å². The second-order valence-corrected chi connectivity index (χ2v) is 4.77. The number of hydrogen-bond acceptors (Lipinski definition) is 2. The minimum atomic E-state index is -0.0695. The molecule has 1 aliphatic carbocycles. The van der Waals surface area contributed by atoms with Gasteiger partial charge in [0, 0.05) is 25.6 Å². The van der Waals surface area contributed by atoms with Gasteiger partial charge in [0.2, 0.25) is 0 Å². The number of nitrogens with zero attached hydrogens (tertiary/aromatic N) is 2. The fraction of sp³-hybridized carbons (Fsp3) is 0.385. The van der Waals surface area contributed by atoms with Gasteiger partial charge in [-0.15, -0.1) is 0 Å². The van der Waals surface area contributed by atoms with Crippen LogP contribution in [0.15, 0.2) is 30.7 Å². The molecule has 0 bridgehead atoms. The summed E-state index contributed by atoms with van der Waals surface area (Å²) in [7, 11) is 1.96. The molecule has 0 radical (unpaired) electrons. The lowest BCUT2D eigenvalue weighted by atomic mass is 10.1. The SMILES string of the molecule is Cn1ccnc1[C@@H](NC(=O)c1ccc[nH]1)C1CC1. The van der Waals surface area contributed by atoms with Gasteiger partial charge >= 0.3 is 0 Å². The van der Waals surface area contributed by atoms with E-state index in [1.807, 2.05) is 23.9 Å². The Labute approximate surface area is 105 Å². The molecule has 1 aliphatic rings. The van der Waals surface area contributed by atoms with Crippen molar-refractivity contribution < 1.29 is 4.79 Å². The fourth-order valence-electron chi connectivity index (χ4n) is 2.19. The molecule has 1 fully saturated rings. The molecule has 2 aromatic rings. The summed E-state index contributed by atoms with van der Waals surface area (Å²) in [6.45, 7) is 0. The summed E-state index contributed by atoms with van der Waals surface area (Å²) in [5, 5.41) is 3.07. The van der Waals surface area contributed by atoms with E-state index in [0.29, 0.717) is 11.6 Å². The standard InChI is InChI=1S/C13H16N4O/c1-17-8-7-15-12(17)11(9-4-5-9)16-13(18)10-3-2-6-14-10/h2-3,6-9,11,14H,4-5H2,1H3,(H,16,18)/t11-/m0/s1. The van der Waals surface area contributed by atoms with E-state index in [9.17, 15) is 4.79 Å². The number of nitrogens with one attached hydrogen (secondary N) is 2. The molecule has 1 saturated carbocycles. The number of aromatic amines is 1. The van der Waals surface area contributed by atoms with Gasteiger partial charge in [-0.05, 0) is 30.9 Å². The van der Waals surface area contributed by atoms with Crippen molar-refractivity contribution in [1.29, 1.82) is 0 Å². The van der Waals surface area contributed by atoms with Crippen molar-refractivity contribution >= 4 is 5.91 Å². The third kappa shape index (κ3) is 2.03. The van der Waals surface area contributed by atoms with Crippen LogP contribution in [0.5, 0.6) is 0 Å². The van der Waals surface area contributed by atoms with Gasteiger partial charge in [-0.2, -0.15) is 0 Å². The maximum Gasteiger partial charge on any atom is 0.268 e. The van der Waals surface area contributed by atoms with Crippen molar-refractivity contribution in [2.45, 2.75) is 18.9 Å². The number of amides is 1. The van der Waals surface area contributed by atoms with Crippen molar-refractivity contribution in [2.24, 2.45) is 13.0 Å². The molecule has 0 aromatic carbocycles. The monoisotopic (exact) mass is 244 g/mol. The summed E-state index contributed by atoms with van der Waals surface area (Å²) in [6, 6.07) is 3.61. The summed E-state index contributed by atoms with van der Waals surface area (Å²) in [5.74, 6) is 1.38. The molecule has 94 valence electrons. The van der Waals surface area contributed by atoms with Crippen LogP contribution in [-0.2, 0) is 7.05 Å². The van der Waals surface area contributed by atoms with Gasteiger partial charge in [0.15, 0.2) is 0 Å². The molecule has 0 saturated heterocycles. The minimum Gasteiger partial charge on any atom is -0.357 e. The molecule has 2 N–H and O–H groups in total.